The molecule has 0 bridgehead atoms. The van der Waals surface area contributed by atoms with Gasteiger partial charge in [-0.2, -0.15) is 0 Å². The zero-order valence-electron chi connectivity index (χ0n) is 28.4. The van der Waals surface area contributed by atoms with Crippen LogP contribution in [0, 0.1) is 16.7 Å². The fourth-order valence-electron chi connectivity index (χ4n) is 6.29. The smallest absolute Gasteiger partial charge is 0.336 e. The van der Waals surface area contributed by atoms with E-state index in [1.54, 1.807) is 12.1 Å². The Balaban J connectivity index is 1.62. The average molecular weight is 635 g/mol. The summed E-state index contributed by atoms with van der Waals surface area (Å²) in [5, 5.41) is 32.9. The average Bonchev–Trinajstić information content (AvgIpc) is 3.76. The number of hydrogen-bond donors (Lipinski definition) is 3. The molecule has 2 aliphatic rings. The predicted molar refractivity (Wildman–Crippen MR) is 168 cm³/mol. The van der Waals surface area contributed by atoms with Crippen LogP contribution in [0.4, 0.5) is 0 Å². The minimum Gasteiger partial charge on any atom is -0.462 e. The van der Waals surface area contributed by atoms with Crippen LogP contribution in [0.25, 0.3) is 0 Å². The lowest BCUT2D eigenvalue weighted by Crippen LogP contribution is -2.44. The normalized spacial score (nSPS) is 26.9. The predicted octanol–water partition coefficient (Wildman–Crippen LogP) is 4.94. The molecule has 0 aromatic carbocycles. The van der Waals surface area contributed by atoms with Gasteiger partial charge in [0.25, 0.3) is 0 Å². The lowest BCUT2D eigenvalue weighted by Gasteiger charge is -2.39. The summed E-state index contributed by atoms with van der Waals surface area (Å²) in [4.78, 5) is 26.2. The molecule has 3 heterocycles. The van der Waals surface area contributed by atoms with Gasteiger partial charge in [-0.25, -0.2) is 9.59 Å². The third-order valence-electron chi connectivity index (χ3n) is 10.2. The number of fused-ring (bicyclic) bond motifs is 1. The van der Waals surface area contributed by atoms with Gasteiger partial charge in [0, 0.05) is 11.0 Å². The van der Waals surface area contributed by atoms with E-state index in [4.69, 9.17) is 23.4 Å². The molecule has 10 heteroatoms. The Hall–Kier alpha value is -2.50. The Morgan fingerprint density at radius 3 is 1.91 bits per heavy atom. The van der Waals surface area contributed by atoms with Crippen molar-refractivity contribution >= 4 is 11.9 Å². The Labute approximate surface area is 267 Å². The first-order chi connectivity index (χ1) is 20.9. The van der Waals surface area contributed by atoms with Crippen LogP contribution in [-0.4, -0.2) is 77.1 Å². The van der Waals surface area contributed by atoms with Gasteiger partial charge < -0.3 is 38.7 Å². The number of furan rings is 1. The highest BCUT2D eigenvalue weighted by Gasteiger charge is 2.52. The zero-order valence-corrected chi connectivity index (χ0v) is 28.4. The van der Waals surface area contributed by atoms with E-state index in [-0.39, 0.29) is 36.0 Å². The summed E-state index contributed by atoms with van der Waals surface area (Å²) in [6.45, 7) is 25.1. The Bertz CT molecular complexity index is 1230. The van der Waals surface area contributed by atoms with Crippen LogP contribution in [0.3, 0.4) is 0 Å². The summed E-state index contributed by atoms with van der Waals surface area (Å²) in [7, 11) is 0. The number of carbonyl (C=O) groups is 2. The Kier molecular flexibility index (Phi) is 11.6. The molecule has 2 saturated heterocycles. The Morgan fingerprint density at radius 2 is 1.44 bits per heavy atom. The second-order valence-corrected chi connectivity index (χ2v) is 14.2. The van der Waals surface area contributed by atoms with E-state index in [9.17, 15) is 24.9 Å². The molecule has 2 fully saturated rings. The number of rotatable bonds is 14. The first-order valence-corrected chi connectivity index (χ1v) is 16.0. The molecule has 0 spiro atoms. The molecule has 8 unspecified atom stereocenters. The minimum absolute atomic E-state index is 0.00327. The van der Waals surface area contributed by atoms with Crippen LogP contribution >= 0.6 is 0 Å². The van der Waals surface area contributed by atoms with E-state index in [1.165, 1.54) is 0 Å². The minimum atomic E-state index is -1.47. The van der Waals surface area contributed by atoms with E-state index >= 15 is 0 Å². The van der Waals surface area contributed by atoms with E-state index in [0.717, 1.165) is 6.42 Å². The van der Waals surface area contributed by atoms with Crippen molar-refractivity contribution in [2.45, 2.75) is 130 Å². The van der Waals surface area contributed by atoms with Gasteiger partial charge in [0.1, 0.15) is 29.8 Å². The van der Waals surface area contributed by atoms with Gasteiger partial charge in [-0.1, -0.05) is 75.0 Å². The second kappa shape index (κ2) is 14.1. The SMILES string of the molecule is C=C(C(=O)O[C@@H]1COC2C1OC[C@@H]2OC(=O)C(=C)C(C)(CC)C(O)C(C)CC)C(O)c1ccc(C(C)(CC)C(O)C(C)(C)C)o1. The monoisotopic (exact) mass is 634 g/mol. The Morgan fingerprint density at radius 1 is 0.911 bits per heavy atom. The summed E-state index contributed by atoms with van der Waals surface area (Å²) < 4.78 is 29.0. The van der Waals surface area contributed by atoms with Crippen molar-refractivity contribution < 1.29 is 48.3 Å². The largest absolute Gasteiger partial charge is 0.462 e. The van der Waals surface area contributed by atoms with Crippen LogP contribution in [0.5, 0.6) is 0 Å². The third kappa shape index (κ3) is 7.25. The van der Waals surface area contributed by atoms with Gasteiger partial charge >= 0.3 is 11.9 Å². The summed E-state index contributed by atoms with van der Waals surface area (Å²) >= 11 is 0. The number of ether oxygens (including phenoxy) is 4. The summed E-state index contributed by atoms with van der Waals surface area (Å²) in [5.74, 6) is -0.921. The summed E-state index contributed by atoms with van der Waals surface area (Å²) in [6, 6.07) is 3.26. The van der Waals surface area contributed by atoms with Crippen LogP contribution in [0.2, 0.25) is 0 Å². The molecular formula is C35H54O10. The second-order valence-electron chi connectivity index (χ2n) is 14.2. The molecular weight excluding hydrogens is 580 g/mol. The molecule has 45 heavy (non-hydrogen) atoms. The van der Waals surface area contributed by atoms with Crippen molar-refractivity contribution in [3.63, 3.8) is 0 Å². The lowest BCUT2D eigenvalue weighted by molar-refractivity contribution is -0.152. The number of hydrogen-bond acceptors (Lipinski definition) is 10. The maximum absolute atomic E-state index is 13.1. The number of carbonyl (C=O) groups excluding carboxylic acids is 2. The molecule has 254 valence electrons. The zero-order chi connectivity index (χ0) is 34.1. The first kappa shape index (κ1) is 37.0. The molecule has 2 aliphatic heterocycles. The van der Waals surface area contributed by atoms with Crippen LogP contribution in [0.1, 0.15) is 99.2 Å². The molecule has 0 radical (unpaired) electrons. The highest BCUT2D eigenvalue weighted by molar-refractivity contribution is 5.90. The van der Waals surface area contributed by atoms with Gasteiger partial charge in [0.05, 0.1) is 36.4 Å². The molecule has 0 saturated carbocycles. The lowest BCUT2D eigenvalue weighted by atomic mass is 9.69. The topological polar surface area (TPSA) is 145 Å². The standard InChI is InChI=1S/C35H54O10/c1-12-19(4)29(37)34(10,13-2)21(6)31(39)45-24-18-42-27-23(17-41-28(24)27)44-30(38)20(5)26(36)22-15-16-25(43-22)35(11,14-3)32(40)33(7,8)9/h15-16,19,23-24,26-29,32,36-37,40H,5-6,12-14,17-18H2,1-4,7-11H3/t19?,23-,24+,26?,27?,28?,29?,32?,34?,35?/m1/s1. The van der Waals surface area contributed by atoms with Crippen molar-refractivity contribution in [3.05, 3.63) is 48.0 Å². The van der Waals surface area contributed by atoms with Gasteiger partial charge in [-0.05, 0) is 43.2 Å². The number of aliphatic hydroxyl groups excluding tert-OH is 3. The summed E-state index contributed by atoms with van der Waals surface area (Å²) in [6.07, 6.45) is -4.06. The first-order valence-electron chi connectivity index (χ1n) is 16.0. The molecule has 10 nitrogen and oxygen atoms in total. The maximum atomic E-state index is 13.1. The van der Waals surface area contributed by atoms with Gasteiger partial charge in [-0.3, -0.25) is 0 Å². The van der Waals surface area contributed by atoms with Gasteiger partial charge in [-0.15, -0.1) is 0 Å². The van der Waals surface area contributed by atoms with E-state index in [0.29, 0.717) is 18.6 Å². The molecule has 0 aliphatic carbocycles. The highest BCUT2D eigenvalue weighted by atomic mass is 16.7. The molecule has 10 atom stereocenters. The van der Waals surface area contributed by atoms with Crippen molar-refractivity contribution in [3.8, 4) is 0 Å². The van der Waals surface area contributed by atoms with E-state index < -0.39 is 70.9 Å². The number of esters is 2. The van der Waals surface area contributed by atoms with Gasteiger partial charge in [0.2, 0.25) is 0 Å². The van der Waals surface area contributed by atoms with E-state index in [2.05, 4.69) is 13.2 Å². The van der Waals surface area contributed by atoms with Crippen molar-refractivity contribution in [2.24, 2.45) is 16.7 Å². The van der Waals surface area contributed by atoms with Crippen molar-refractivity contribution in [2.75, 3.05) is 13.2 Å². The van der Waals surface area contributed by atoms with Crippen molar-refractivity contribution in [1.29, 1.82) is 0 Å². The quantitative estimate of drug-likeness (QED) is 0.190. The molecule has 0 amide bonds. The van der Waals surface area contributed by atoms with Crippen molar-refractivity contribution in [1.82, 2.24) is 0 Å². The van der Waals surface area contributed by atoms with Gasteiger partial charge in [0.15, 0.2) is 12.2 Å². The fourth-order valence-corrected chi connectivity index (χ4v) is 6.29. The highest BCUT2D eigenvalue weighted by Crippen LogP contribution is 2.42. The number of aliphatic hydroxyl groups is 3. The van der Waals surface area contributed by atoms with E-state index in [1.807, 2.05) is 62.3 Å². The van der Waals surface area contributed by atoms with Crippen LogP contribution < -0.4 is 0 Å². The summed E-state index contributed by atoms with van der Waals surface area (Å²) in [5.41, 5.74) is -2.05. The third-order valence-corrected chi connectivity index (χ3v) is 10.2. The van der Waals surface area contributed by atoms with Crippen LogP contribution in [0.15, 0.2) is 40.9 Å². The van der Waals surface area contributed by atoms with Crippen LogP contribution in [-0.2, 0) is 34.0 Å². The molecule has 3 N–H and O–H groups in total. The molecule has 3 rings (SSSR count). The molecule has 1 aromatic heterocycles. The fraction of sp³-hybridized carbons (Fsp3) is 0.714. The maximum Gasteiger partial charge on any atom is 0.336 e. The molecule has 1 aromatic rings.